The molecule has 6 nitrogen and oxygen atoms in total. The molecule has 0 fully saturated rings. The lowest BCUT2D eigenvalue weighted by molar-refractivity contribution is -0.119. The molecule has 0 bridgehead atoms. The molecule has 1 amide bonds. The van der Waals surface area contributed by atoms with Crippen molar-refractivity contribution in [3.63, 3.8) is 0 Å². The summed E-state index contributed by atoms with van der Waals surface area (Å²) in [6, 6.07) is 10.4. The minimum atomic E-state index is -3.40. The zero-order chi connectivity index (χ0) is 19.3. The number of amides is 1. The Balaban J connectivity index is 1.97. The van der Waals surface area contributed by atoms with Crippen molar-refractivity contribution in [2.75, 3.05) is 25.2 Å². The molecule has 0 aliphatic carbocycles. The van der Waals surface area contributed by atoms with Crippen molar-refractivity contribution in [2.45, 2.75) is 18.4 Å². The van der Waals surface area contributed by atoms with E-state index in [0.29, 0.717) is 17.8 Å². The van der Waals surface area contributed by atoms with Gasteiger partial charge in [-0.1, -0.05) is 23.7 Å². The summed E-state index contributed by atoms with van der Waals surface area (Å²) in [6.07, 6.45) is 1.12. The molecule has 2 aromatic rings. The van der Waals surface area contributed by atoms with E-state index in [1.54, 1.807) is 20.1 Å². The Hall–Kier alpha value is -2.25. The summed E-state index contributed by atoms with van der Waals surface area (Å²) >= 11 is 5.99. The Labute approximate surface area is 158 Å². The third-order valence-corrected chi connectivity index (χ3v) is 5.25. The minimum absolute atomic E-state index is 0.000535. The zero-order valence-corrected chi connectivity index (χ0v) is 16.4. The smallest absolute Gasteiger partial charge is 0.239 e. The molecule has 0 aromatic heterocycles. The molecule has 0 saturated heterocycles. The van der Waals surface area contributed by atoms with Gasteiger partial charge in [0.2, 0.25) is 5.91 Å². The molecule has 0 unspecified atom stereocenters. The maximum absolute atomic E-state index is 12.0. The van der Waals surface area contributed by atoms with E-state index in [4.69, 9.17) is 16.3 Å². The van der Waals surface area contributed by atoms with Crippen molar-refractivity contribution in [1.82, 2.24) is 5.32 Å². The molecule has 2 aromatic carbocycles. The van der Waals surface area contributed by atoms with Gasteiger partial charge in [-0.3, -0.25) is 4.79 Å². The Morgan fingerprint density at radius 1 is 1.19 bits per heavy atom. The Kier molecular flexibility index (Phi) is 6.50. The number of halogens is 1. The molecule has 0 aliphatic heterocycles. The second kappa shape index (κ2) is 8.42. The number of benzene rings is 2. The molecule has 2 rings (SSSR count). The Morgan fingerprint density at radius 2 is 1.85 bits per heavy atom. The number of hydrogen-bond donors (Lipinski definition) is 2. The molecule has 0 radical (unpaired) electrons. The molecule has 0 saturated carbocycles. The van der Waals surface area contributed by atoms with Gasteiger partial charge in [0.15, 0.2) is 9.84 Å². The van der Waals surface area contributed by atoms with E-state index in [0.717, 1.165) is 17.6 Å². The van der Waals surface area contributed by atoms with Gasteiger partial charge in [-0.05, 0) is 42.3 Å². The number of rotatable bonds is 7. The topological polar surface area (TPSA) is 84.5 Å². The van der Waals surface area contributed by atoms with Gasteiger partial charge < -0.3 is 15.4 Å². The number of anilines is 1. The first-order chi connectivity index (χ1) is 12.2. The van der Waals surface area contributed by atoms with Crippen LogP contribution >= 0.6 is 11.6 Å². The van der Waals surface area contributed by atoms with E-state index in [2.05, 4.69) is 10.6 Å². The normalized spacial score (nSPS) is 11.1. The van der Waals surface area contributed by atoms with Gasteiger partial charge in [0.1, 0.15) is 5.75 Å². The quantitative estimate of drug-likeness (QED) is 0.751. The first kappa shape index (κ1) is 20.1. The monoisotopic (exact) mass is 396 g/mol. The number of carbonyl (C=O) groups excluding carboxylic acids is 1. The van der Waals surface area contributed by atoms with Gasteiger partial charge in [0.05, 0.1) is 18.6 Å². The second-order valence-corrected chi connectivity index (χ2v) is 8.25. The van der Waals surface area contributed by atoms with Gasteiger partial charge in [-0.15, -0.1) is 0 Å². The average Bonchev–Trinajstić information content (AvgIpc) is 2.59. The van der Waals surface area contributed by atoms with E-state index >= 15 is 0 Å². The highest BCUT2D eigenvalue weighted by Gasteiger charge is 2.15. The van der Waals surface area contributed by atoms with Crippen molar-refractivity contribution in [3.05, 3.63) is 52.5 Å². The summed E-state index contributed by atoms with van der Waals surface area (Å²) in [6.45, 7) is 2.05. The fourth-order valence-electron chi connectivity index (χ4n) is 2.40. The molecule has 0 atom stereocenters. The third-order valence-electron chi connectivity index (χ3n) is 3.81. The van der Waals surface area contributed by atoms with Crippen LogP contribution in [0.25, 0.3) is 0 Å². The molecule has 2 N–H and O–H groups in total. The predicted octanol–water partition coefficient (Wildman–Crippen LogP) is 2.79. The first-order valence-corrected chi connectivity index (χ1v) is 10.1. The fourth-order valence-corrected chi connectivity index (χ4v) is 3.69. The van der Waals surface area contributed by atoms with Gasteiger partial charge in [-0.2, -0.15) is 0 Å². The maximum atomic E-state index is 12.0. The van der Waals surface area contributed by atoms with Crippen LogP contribution in [0.5, 0.6) is 5.75 Å². The van der Waals surface area contributed by atoms with Crippen LogP contribution in [0.15, 0.2) is 41.3 Å². The third kappa shape index (κ3) is 5.37. The van der Waals surface area contributed by atoms with E-state index in [1.165, 1.54) is 6.07 Å². The molecule has 8 heteroatoms. The average molecular weight is 397 g/mol. The van der Waals surface area contributed by atoms with Crippen LogP contribution < -0.4 is 15.4 Å². The lowest BCUT2D eigenvalue weighted by Gasteiger charge is -2.13. The zero-order valence-electron chi connectivity index (χ0n) is 14.8. The van der Waals surface area contributed by atoms with Crippen molar-refractivity contribution in [3.8, 4) is 5.75 Å². The largest absolute Gasteiger partial charge is 0.497 e. The van der Waals surface area contributed by atoms with Crippen molar-refractivity contribution < 1.29 is 17.9 Å². The highest BCUT2D eigenvalue weighted by molar-refractivity contribution is 7.90. The molecule has 0 aliphatic rings. The maximum Gasteiger partial charge on any atom is 0.239 e. The summed E-state index contributed by atoms with van der Waals surface area (Å²) in [5, 5.41) is 6.02. The van der Waals surface area contributed by atoms with Crippen LogP contribution in [0.1, 0.15) is 11.1 Å². The summed E-state index contributed by atoms with van der Waals surface area (Å²) in [5.41, 5.74) is 1.98. The second-order valence-electron chi connectivity index (χ2n) is 5.83. The van der Waals surface area contributed by atoms with Gasteiger partial charge in [0, 0.05) is 23.5 Å². The molecule has 26 heavy (non-hydrogen) atoms. The van der Waals surface area contributed by atoms with Crippen molar-refractivity contribution in [1.29, 1.82) is 0 Å². The molecule has 0 heterocycles. The molecule has 0 spiro atoms. The van der Waals surface area contributed by atoms with Gasteiger partial charge in [0.25, 0.3) is 0 Å². The minimum Gasteiger partial charge on any atom is -0.497 e. The summed E-state index contributed by atoms with van der Waals surface area (Å²) in [7, 11) is -1.81. The van der Waals surface area contributed by atoms with E-state index in [1.807, 2.05) is 24.3 Å². The lowest BCUT2D eigenvalue weighted by atomic mass is 10.2. The molecular weight excluding hydrogens is 376 g/mol. The number of sulfone groups is 1. The first-order valence-electron chi connectivity index (χ1n) is 7.84. The Bertz CT molecular complexity index is 896. The highest BCUT2D eigenvalue weighted by Crippen LogP contribution is 2.27. The van der Waals surface area contributed by atoms with Crippen LogP contribution in [-0.4, -0.2) is 34.2 Å². The SMILES string of the molecule is COc1ccc(CNC(=O)CNc2cc(Cl)cc(S(C)(=O)=O)c2C)cc1. The lowest BCUT2D eigenvalue weighted by Crippen LogP contribution is -2.29. The highest BCUT2D eigenvalue weighted by atomic mass is 35.5. The molecule has 140 valence electrons. The van der Waals surface area contributed by atoms with Crippen LogP contribution in [0.4, 0.5) is 5.69 Å². The van der Waals surface area contributed by atoms with Crippen LogP contribution in [0.3, 0.4) is 0 Å². The van der Waals surface area contributed by atoms with E-state index in [9.17, 15) is 13.2 Å². The predicted molar refractivity (Wildman–Crippen MR) is 103 cm³/mol. The fraction of sp³-hybridized carbons (Fsp3) is 0.278. The number of ether oxygens (including phenoxy) is 1. The number of hydrogen-bond acceptors (Lipinski definition) is 5. The number of methoxy groups -OCH3 is 1. The summed E-state index contributed by atoms with van der Waals surface area (Å²) in [5.74, 6) is 0.529. The molecular formula is C18H21ClN2O4S. The van der Waals surface area contributed by atoms with Crippen molar-refractivity contribution >= 4 is 33.0 Å². The van der Waals surface area contributed by atoms with Gasteiger partial charge in [-0.25, -0.2) is 8.42 Å². The standard InChI is InChI=1S/C18H21ClN2O4S/c1-12-16(8-14(19)9-17(12)26(3,23)24)20-11-18(22)21-10-13-4-6-15(25-2)7-5-13/h4-9,20H,10-11H2,1-3H3,(H,21,22). The van der Waals surface area contributed by atoms with Crippen molar-refractivity contribution in [2.24, 2.45) is 0 Å². The van der Waals surface area contributed by atoms with Crippen LogP contribution in [-0.2, 0) is 21.2 Å². The van der Waals surface area contributed by atoms with Crippen LogP contribution in [0.2, 0.25) is 5.02 Å². The summed E-state index contributed by atoms with van der Waals surface area (Å²) in [4.78, 5) is 12.2. The number of carbonyl (C=O) groups is 1. The Morgan fingerprint density at radius 3 is 2.42 bits per heavy atom. The van der Waals surface area contributed by atoms with E-state index in [-0.39, 0.29) is 22.4 Å². The van der Waals surface area contributed by atoms with Crippen LogP contribution in [0, 0.1) is 6.92 Å². The summed E-state index contributed by atoms with van der Waals surface area (Å²) < 4.78 is 28.7. The number of nitrogens with one attached hydrogen (secondary N) is 2. The van der Waals surface area contributed by atoms with Gasteiger partial charge >= 0.3 is 0 Å². The van der Waals surface area contributed by atoms with E-state index < -0.39 is 9.84 Å².